The van der Waals surface area contributed by atoms with Gasteiger partial charge in [-0.2, -0.15) is 0 Å². The number of hydrogen-bond donors (Lipinski definition) is 1. The van der Waals surface area contributed by atoms with Gasteiger partial charge in [0.1, 0.15) is 0 Å². The zero-order chi connectivity index (χ0) is 16.5. The summed E-state index contributed by atoms with van der Waals surface area (Å²) in [5, 5.41) is 9.25. The molecular weight excluding hydrogens is 284 g/mol. The normalized spacial score (nSPS) is 30.0. The van der Waals surface area contributed by atoms with Gasteiger partial charge in [-0.15, -0.1) is 0 Å². The lowest BCUT2D eigenvalue weighted by Crippen LogP contribution is -2.40. The smallest absolute Gasteiger partial charge is 0.311 e. The molecule has 2 rings (SSSR count). The van der Waals surface area contributed by atoms with Crippen molar-refractivity contribution in [3.63, 3.8) is 0 Å². The standard InChI is InChI=1S/C16H26N2O4/c1-4-5-11(2)18-9-12(8-13(18)19)14(20)17-7-6-16(3,10-17)15(21)22/h11-12H,4-10H2,1-3H3,(H,21,22). The minimum Gasteiger partial charge on any atom is -0.481 e. The van der Waals surface area contributed by atoms with Crippen LogP contribution in [-0.4, -0.2) is 58.4 Å². The van der Waals surface area contributed by atoms with Crippen LogP contribution in [-0.2, 0) is 14.4 Å². The van der Waals surface area contributed by atoms with Gasteiger partial charge in [0.15, 0.2) is 0 Å². The fourth-order valence-corrected chi connectivity index (χ4v) is 3.48. The minimum atomic E-state index is -0.858. The molecule has 0 aromatic heterocycles. The molecule has 0 aromatic carbocycles. The van der Waals surface area contributed by atoms with Crippen LogP contribution in [0.25, 0.3) is 0 Å². The number of carbonyl (C=O) groups is 3. The second kappa shape index (κ2) is 6.26. The summed E-state index contributed by atoms with van der Waals surface area (Å²) in [5.74, 6) is -1.20. The van der Waals surface area contributed by atoms with Crippen molar-refractivity contribution in [2.24, 2.45) is 11.3 Å². The first-order valence-corrected chi connectivity index (χ1v) is 8.10. The predicted octanol–water partition coefficient (Wildman–Crippen LogP) is 1.35. The molecular formula is C16H26N2O4. The van der Waals surface area contributed by atoms with E-state index in [-0.39, 0.29) is 36.7 Å². The van der Waals surface area contributed by atoms with Crippen LogP contribution in [0, 0.1) is 11.3 Å². The lowest BCUT2D eigenvalue weighted by Gasteiger charge is -2.25. The number of nitrogens with zero attached hydrogens (tertiary/aromatic N) is 2. The zero-order valence-corrected chi connectivity index (χ0v) is 13.7. The Kier molecular flexibility index (Phi) is 4.78. The molecule has 0 saturated carbocycles. The molecule has 2 aliphatic rings. The minimum absolute atomic E-state index is 0.0412. The van der Waals surface area contributed by atoms with E-state index in [1.165, 1.54) is 0 Å². The van der Waals surface area contributed by atoms with Gasteiger partial charge in [0, 0.05) is 32.1 Å². The maximum atomic E-state index is 12.6. The van der Waals surface area contributed by atoms with Crippen molar-refractivity contribution in [2.45, 2.75) is 52.5 Å². The summed E-state index contributed by atoms with van der Waals surface area (Å²) < 4.78 is 0. The lowest BCUT2D eigenvalue weighted by molar-refractivity contribution is -0.147. The van der Waals surface area contributed by atoms with Crippen molar-refractivity contribution in [3.05, 3.63) is 0 Å². The van der Waals surface area contributed by atoms with Crippen LogP contribution < -0.4 is 0 Å². The molecule has 6 heteroatoms. The first kappa shape index (κ1) is 16.8. The summed E-state index contributed by atoms with van der Waals surface area (Å²) in [7, 11) is 0. The van der Waals surface area contributed by atoms with Crippen molar-refractivity contribution in [1.82, 2.24) is 9.80 Å². The van der Waals surface area contributed by atoms with Crippen LogP contribution in [0.4, 0.5) is 0 Å². The van der Waals surface area contributed by atoms with Crippen LogP contribution >= 0.6 is 0 Å². The highest BCUT2D eigenvalue weighted by Crippen LogP contribution is 2.32. The molecule has 3 atom stereocenters. The van der Waals surface area contributed by atoms with Crippen molar-refractivity contribution in [2.75, 3.05) is 19.6 Å². The molecule has 0 radical (unpaired) electrons. The molecule has 0 aliphatic carbocycles. The van der Waals surface area contributed by atoms with Gasteiger partial charge in [-0.25, -0.2) is 0 Å². The number of carboxylic acid groups (broad SMARTS) is 1. The lowest BCUT2D eigenvalue weighted by atomic mass is 9.90. The van der Waals surface area contributed by atoms with Gasteiger partial charge in [0.2, 0.25) is 11.8 Å². The molecule has 6 nitrogen and oxygen atoms in total. The van der Waals surface area contributed by atoms with E-state index in [1.54, 1.807) is 16.7 Å². The van der Waals surface area contributed by atoms with E-state index in [0.717, 1.165) is 12.8 Å². The first-order chi connectivity index (χ1) is 10.3. The third-order valence-electron chi connectivity index (χ3n) is 5.05. The summed E-state index contributed by atoms with van der Waals surface area (Å²) in [6, 6.07) is 0.165. The van der Waals surface area contributed by atoms with Crippen molar-refractivity contribution < 1.29 is 19.5 Å². The number of rotatable bonds is 5. The Hall–Kier alpha value is -1.59. The highest BCUT2D eigenvalue weighted by atomic mass is 16.4. The molecule has 2 fully saturated rings. The molecule has 2 heterocycles. The molecule has 2 aliphatic heterocycles. The summed E-state index contributed by atoms with van der Waals surface area (Å²) in [6.45, 7) is 6.96. The Morgan fingerprint density at radius 1 is 1.45 bits per heavy atom. The van der Waals surface area contributed by atoms with Gasteiger partial charge in [-0.1, -0.05) is 13.3 Å². The Morgan fingerprint density at radius 3 is 2.68 bits per heavy atom. The third kappa shape index (κ3) is 3.10. The Morgan fingerprint density at radius 2 is 2.14 bits per heavy atom. The summed E-state index contributed by atoms with van der Waals surface area (Å²) in [5.41, 5.74) is -0.854. The fourth-order valence-electron chi connectivity index (χ4n) is 3.48. The first-order valence-electron chi connectivity index (χ1n) is 8.10. The number of carbonyl (C=O) groups excluding carboxylic acids is 2. The maximum absolute atomic E-state index is 12.6. The monoisotopic (exact) mass is 310 g/mol. The molecule has 1 N–H and O–H groups in total. The molecule has 2 amide bonds. The Labute approximate surface area is 131 Å². The topological polar surface area (TPSA) is 77.9 Å². The van der Waals surface area contributed by atoms with Crippen molar-refractivity contribution in [1.29, 1.82) is 0 Å². The summed E-state index contributed by atoms with van der Waals surface area (Å²) >= 11 is 0. The van der Waals surface area contributed by atoms with Gasteiger partial charge in [0.25, 0.3) is 0 Å². The number of amides is 2. The zero-order valence-electron chi connectivity index (χ0n) is 13.7. The molecule has 124 valence electrons. The van der Waals surface area contributed by atoms with E-state index in [4.69, 9.17) is 0 Å². The Balaban J connectivity index is 1.98. The second-order valence-electron chi connectivity index (χ2n) is 6.96. The fraction of sp³-hybridized carbons (Fsp3) is 0.812. The SMILES string of the molecule is CCCC(C)N1CC(C(=O)N2CCC(C)(C(=O)O)C2)CC1=O. The molecule has 22 heavy (non-hydrogen) atoms. The van der Waals surface area contributed by atoms with Gasteiger partial charge >= 0.3 is 5.97 Å². The van der Waals surface area contributed by atoms with Crippen LogP contribution in [0.1, 0.15) is 46.5 Å². The Bertz CT molecular complexity index is 479. The van der Waals surface area contributed by atoms with Crippen LogP contribution in [0.15, 0.2) is 0 Å². The molecule has 0 spiro atoms. The van der Waals surface area contributed by atoms with Gasteiger partial charge < -0.3 is 14.9 Å². The molecule has 2 saturated heterocycles. The number of aliphatic carboxylic acids is 1. The van der Waals surface area contributed by atoms with Gasteiger partial charge in [0.05, 0.1) is 11.3 Å². The number of carboxylic acids is 1. The predicted molar refractivity (Wildman–Crippen MR) is 81.1 cm³/mol. The van der Waals surface area contributed by atoms with E-state index in [0.29, 0.717) is 19.5 Å². The third-order valence-corrected chi connectivity index (χ3v) is 5.05. The largest absolute Gasteiger partial charge is 0.481 e. The second-order valence-corrected chi connectivity index (χ2v) is 6.96. The van der Waals surface area contributed by atoms with Crippen molar-refractivity contribution >= 4 is 17.8 Å². The van der Waals surface area contributed by atoms with Crippen LogP contribution in [0.5, 0.6) is 0 Å². The summed E-state index contributed by atoms with van der Waals surface area (Å²) in [4.78, 5) is 39.4. The maximum Gasteiger partial charge on any atom is 0.311 e. The number of hydrogen-bond acceptors (Lipinski definition) is 3. The number of likely N-dealkylation sites (tertiary alicyclic amines) is 2. The van der Waals surface area contributed by atoms with E-state index in [9.17, 15) is 19.5 Å². The van der Waals surface area contributed by atoms with Crippen LogP contribution in [0.3, 0.4) is 0 Å². The average molecular weight is 310 g/mol. The van der Waals surface area contributed by atoms with Crippen molar-refractivity contribution in [3.8, 4) is 0 Å². The van der Waals surface area contributed by atoms with E-state index >= 15 is 0 Å². The van der Waals surface area contributed by atoms with Gasteiger partial charge in [-0.05, 0) is 26.7 Å². The van der Waals surface area contributed by atoms with E-state index in [2.05, 4.69) is 6.92 Å². The van der Waals surface area contributed by atoms with E-state index in [1.807, 2.05) is 6.92 Å². The summed E-state index contributed by atoms with van der Waals surface area (Å²) in [6.07, 6.45) is 2.68. The molecule has 0 aromatic rings. The molecule has 0 bridgehead atoms. The van der Waals surface area contributed by atoms with Gasteiger partial charge in [-0.3, -0.25) is 14.4 Å². The highest BCUT2D eigenvalue weighted by Gasteiger charge is 2.45. The van der Waals surface area contributed by atoms with Crippen LogP contribution in [0.2, 0.25) is 0 Å². The van der Waals surface area contributed by atoms with E-state index < -0.39 is 11.4 Å². The highest BCUT2D eigenvalue weighted by molar-refractivity contribution is 5.90. The quantitative estimate of drug-likeness (QED) is 0.831. The average Bonchev–Trinajstić information content (AvgIpc) is 3.03. The molecule has 3 unspecified atom stereocenters.